The Kier molecular flexibility index (Phi) is 4.09. The van der Waals surface area contributed by atoms with Crippen LogP contribution in [0.2, 0.25) is 0 Å². The number of nitrogens with one attached hydrogen (secondary N) is 1. The lowest BCUT2D eigenvalue weighted by molar-refractivity contribution is -0.149. The zero-order chi connectivity index (χ0) is 18.5. The summed E-state index contributed by atoms with van der Waals surface area (Å²) in [4.78, 5) is 33.2. The number of carbonyl (C=O) groups is 2. The van der Waals surface area contributed by atoms with Crippen LogP contribution in [-0.4, -0.2) is 58.6 Å². The van der Waals surface area contributed by atoms with E-state index < -0.39 is 0 Å². The average molecular weight is 373 g/mol. The van der Waals surface area contributed by atoms with Gasteiger partial charge in [-0.05, 0) is 49.1 Å². The number of hydrogen-bond acceptors (Lipinski definition) is 6. The number of hydrogen-bond donors (Lipinski definition) is 1. The minimum atomic E-state index is -0.0435. The minimum absolute atomic E-state index is 0.0435. The molecule has 4 atom stereocenters. The molecule has 4 heterocycles. The Labute approximate surface area is 158 Å². The van der Waals surface area contributed by atoms with Gasteiger partial charge in [-0.2, -0.15) is 4.98 Å². The first kappa shape index (κ1) is 17.0. The lowest BCUT2D eigenvalue weighted by atomic mass is 9.72. The van der Waals surface area contributed by atoms with Crippen molar-refractivity contribution in [1.82, 2.24) is 20.4 Å². The van der Waals surface area contributed by atoms with Crippen molar-refractivity contribution in [3.8, 4) is 0 Å². The van der Waals surface area contributed by atoms with Gasteiger partial charge in [0.15, 0.2) is 0 Å². The van der Waals surface area contributed by atoms with Crippen LogP contribution in [0.3, 0.4) is 0 Å². The highest BCUT2D eigenvalue weighted by molar-refractivity contribution is 5.78. The molecule has 146 valence electrons. The van der Waals surface area contributed by atoms with Crippen LogP contribution in [0.5, 0.6) is 0 Å². The van der Waals surface area contributed by atoms with Gasteiger partial charge in [-0.1, -0.05) is 0 Å². The van der Waals surface area contributed by atoms with Crippen LogP contribution in [0.15, 0.2) is 4.52 Å². The standard InChI is InChI=1S/C19H27N5O3/c1-11(25)20-8-16-14-7-13(15-3-2-4-17(26)24(15)16)9-23(10-14)19-21-18(27-22-19)12-5-6-12/h12-16H,2-10H2,1H3,(H,20,25)/t13-,14+,15+,16+/m1/s1. The predicted molar refractivity (Wildman–Crippen MR) is 97.0 cm³/mol. The van der Waals surface area contributed by atoms with Crippen molar-refractivity contribution in [2.75, 3.05) is 24.5 Å². The van der Waals surface area contributed by atoms with E-state index in [4.69, 9.17) is 4.52 Å². The van der Waals surface area contributed by atoms with Crippen molar-refractivity contribution in [3.05, 3.63) is 5.89 Å². The summed E-state index contributed by atoms with van der Waals surface area (Å²) >= 11 is 0. The second-order valence-electron chi connectivity index (χ2n) is 8.63. The van der Waals surface area contributed by atoms with E-state index in [0.29, 0.717) is 36.7 Å². The highest BCUT2D eigenvalue weighted by Crippen LogP contribution is 2.43. The average Bonchev–Trinajstić information content (AvgIpc) is 3.38. The van der Waals surface area contributed by atoms with Crippen molar-refractivity contribution in [2.45, 2.75) is 63.5 Å². The topological polar surface area (TPSA) is 91.6 Å². The molecule has 5 rings (SSSR count). The molecule has 8 nitrogen and oxygen atoms in total. The third-order valence-electron chi connectivity index (χ3n) is 6.70. The number of piperidine rings is 3. The maximum Gasteiger partial charge on any atom is 0.266 e. The van der Waals surface area contributed by atoms with Crippen LogP contribution in [0.25, 0.3) is 0 Å². The molecular formula is C19H27N5O3. The van der Waals surface area contributed by atoms with Gasteiger partial charge in [0.1, 0.15) is 0 Å². The van der Waals surface area contributed by atoms with E-state index in [1.807, 2.05) is 0 Å². The Hall–Kier alpha value is -2.12. The molecule has 3 saturated heterocycles. The van der Waals surface area contributed by atoms with Crippen molar-refractivity contribution < 1.29 is 14.1 Å². The minimum Gasteiger partial charge on any atom is -0.354 e. The van der Waals surface area contributed by atoms with Gasteiger partial charge in [0.2, 0.25) is 17.7 Å². The predicted octanol–water partition coefficient (Wildman–Crippen LogP) is 1.29. The Bertz CT molecular complexity index is 745. The lowest BCUT2D eigenvalue weighted by Crippen LogP contribution is -2.67. The van der Waals surface area contributed by atoms with E-state index in [2.05, 4.69) is 25.3 Å². The third kappa shape index (κ3) is 3.08. The normalized spacial score (nSPS) is 33.0. The molecule has 1 saturated carbocycles. The highest BCUT2D eigenvalue weighted by Gasteiger charge is 2.50. The summed E-state index contributed by atoms with van der Waals surface area (Å²) in [5.74, 6) is 2.87. The molecule has 8 heteroatoms. The highest BCUT2D eigenvalue weighted by atomic mass is 16.5. The molecule has 0 spiro atoms. The molecular weight excluding hydrogens is 346 g/mol. The van der Waals surface area contributed by atoms with Crippen molar-refractivity contribution in [3.63, 3.8) is 0 Å². The SMILES string of the molecule is CC(=O)NC[C@H]1[C@H]2C[C@H](CN(c3noc(C4CC4)n3)C2)[C@@H]2CCCC(=O)N21. The monoisotopic (exact) mass is 373 g/mol. The molecule has 2 bridgehead atoms. The van der Waals surface area contributed by atoms with Gasteiger partial charge < -0.3 is 19.6 Å². The first-order valence-electron chi connectivity index (χ1n) is 10.2. The molecule has 3 aliphatic heterocycles. The fourth-order valence-electron chi connectivity index (χ4n) is 5.30. The van der Waals surface area contributed by atoms with Crippen LogP contribution >= 0.6 is 0 Å². The van der Waals surface area contributed by atoms with Gasteiger partial charge in [-0.15, -0.1) is 0 Å². The fraction of sp³-hybridized carbons (Fsp3) is 0.789. The van der Waals surface area contributed by atoms with Gasteiger partial charge in [-0.25, -0.2) is 0 Å². The zero-order valence-corrected chi connectivity index (χ0v) is 15.8. The number of fused-ring (bicyclic) bond motifs is 4. The van der Waals surface area contributed by atoms with Crippen molar-refractivity contribution in [1.29, 1.82) is 0 Å². The molecule has 4 aliphatic rings. The van der Waals surface area contributed by atoms with Gasteiger partial charge in [-0.3, -0.25) is 9.59 Å². The maximum atomic E-state index is 12.7. The molecule has 1 aromatic heterocycles. The Morgan fingerprint density at radius 3 is 2.85 bits per heavy atom. The summed E-state index contributed by atoms with van der Waals surface area (Å²) in [6.07, 6.45) is 6.03. The van der Waals surface area contributed by atoms with E-state index in [1.54, 1.807) is 0 Å². The first-order chi connectivity index (χ1) is 13.1. The summed E-state index contributed by atoms with van der Waals surface area (Å²) < 4.78 is 5.47. The zero-order valence-electron chi connectivity index (χ0n) is 15.8. The lowest BCUT2D eigenvalue weighted by Gasteiger charge is -2.56. The Morgan fingerprint density at radius 1 is 1.26 bits per heavy atom. The van der Waals surface area contributed by atoms with Crippen LogP contribution in [0, 0.1) is 11.8 Å². The van der Waals surface area contributed by atoms with Gasteiger partial charge in [0.25, 0.3) is 5.95 Å². The molecule has 0 radical (unpaired) electrons. The first-order valence-corrected chi connectivity index (χ1v) is 10.2. The second kappa shape index (κ2) is 6.49. The van der Waals surface area contributed by atoms with Gasteiger partial charge in [0.05, 0.1) is 6.04 Å². The molecule has 0 unspecified atom stereocenters. The van der Waals surface area contributed by atoms with Crippen LogP contribution < -0.4 is 10.2 Å². The Morgan fingerprint density at radius 2 is 2.07 bits per heavy atom. The van der Waals surface area contributed by atoms with E-state index in [9.17, 15) is 9.59 Å². The smallest absolute Gasteiger partial charge is 0.266 e. The van der Waals surface area contributed by atoms with Gasteiger partial charge in [0, 0.05) is 44.9 Å². The largest absolute Gasteiger partial charge is 0.354 e. The third-order valence-corrected chi connectivity index (χ3v) is 6.70. The van der Waals surface area contributed by atoms with E-state index in [0.717, 1.165) is 51.1 Å². The summed E-state index contributed by atoms with van der Waals surface area (Å²) in [6, 6.07) is 0.319. The molecule has 1 aliphatic carbocycles. The Balaban J connectivity index is 1.40. The van der Waals surface area contributed by atoms with E-state index in [-0.39, 0.29) is 23.9 Å². The number of nitrogens with zero attached hydrogens (tertiary/aromatic N) is 4. The number of rotatable bonds is 4. The summed E-state index contributed by atoms with van der Waals surface area (Å²) in [6.45, 7) is 3.75. The molecule has 1 N–H and O–H groups in total. The number of carbonyl (C=O) groups excluding carboxylic acids is 2. The van der Waals surface area contributed by atoms with E-state index in [1.165, 1.54) is 6.92 Å². The van der Waals surface area contributed by atoms with E-state index >= 15 is 0 Å². The summed E-state index contributed by atoms with van der Waals surface area (Å²) in [5, 5.41) is 7.19. The second-order valence-corrected chi connectivity index (χ2v) is 8.63. The molecule has 27 heavy (non-hydrogen) atoms. The fourth-order valence-corrected chi connectivity index (χ4v) is 5.30. The maximum absolute atomic E-state index is 12.7. The van der Waals surface area contributed by atoms with Crippen LogP contribution in [0.4, 0.5) is 5.95 Å². The summed E-state index contributed by atoms with van der Waals surface area (Å²) in [5.41, 5.74) is 0. The van der Waals surface area contributed by atoms with Crippen LogP contribution in [0.1, 0.15) is 57.3 Å². The van der Waals surface area contributed by atoms with Gasteiger partial charge >= 0.3 is 0 Å². The molecule has 4 fully saturated rings. The molecule has 0 aromatic carbocycles. The number of anilines is 1. The van der Waals surface area contributed by atoms with Crippen LogP contribution in [-0.2, 0) is 9.59 Å². The molecule has 1 aromatic rings. The summed E-state index contributed by atoms with van der Waals surface area (Å²) in [7, 11) is 0. The quantitative estimate of drug-likeness (QED) is 0.855. The molecule has 2 amide bonds. The van der Waals surface area contributed by atoms with Crippen molar-refractivity contribution >= 4 is 17.8 Å². The number of aromatic nitrogens is 2. The number of amides is 2. The van der Waals surface area contributed by atoms with Crippen molar-refractivity contribution in [2.24, 2.45) is 11.8 Å².